The van der Waals surface area contributed by atoms with Crippen LogP contribution in [-0.4, -0.2) is 51.5 Å². The van der Waals surface area contributed by atoms with Crippen molar-refractivity contribution in [3.05, 3.63) is 22.7 Å². The molecule has 1 aliphatic heterocycles. The molecule has 1 aromatic heterocycles. The molecule has 1 aliphatic rings. The molecule has 2 unspecified atom stereocenters. The summed E-state index contributed by atoms with van der Waals surface area (Å²) >= 11 is -0.364. The van der Waals surface area contributed by atoms with Crippen LogP contribution in [0.2, 0.25) is 0 Å². The lowest BCUT2D eigenvalue weighted by Gasteiger charge is -2.16. The van der Waals surface area contributed by atoms with E-state index in [1.165, 1.54) is 12.3 Å². The molecular formula is C9H17N3O13P3S+. The molecule has 0 radical (unpaired) electrons. The van der Waals surface area contributed by atoms with Crippen molar-refractivity contribution >= 4 is 39.4 Å². The number of aliphatic hydroxyl groups is 1. The van der Waals surface area contributed by atoms with Crippen LogP contribution in [0.3, 0.4) is 0 Å². The number of aliphatic hydroxyl groups excluding tert-OH is 1. The van der Waals surface area contributed by atoms with Crippen molar-refractivity contribution in [3.8, 4) is 0 Å². The quantitative estimate of drug-likeness (QED) is 0.0950. The maximum atomic E-state index is 11.8. The lowest BCUT2D eigenvalue weighted by Crippen LogP contribution is -2.30. The van der Waals surface area contributed by atoms with E-state index < -0.39 is 46.7 Å². The zero-order valence-electron chi connectivity index (χ0n) is 14.1. The van der Waals surface area contributed by atoms with Crippen molar-refractivity contribution in [2.24, 2.45) is 0 Å². The average molecular weight is 500 g/mol. The van der Waals surface area contributed by atoms with Crippen molar-refractivity contribution < 1.29 is 56.2 Å². The van der Waals surface area contributed by atoms with Gasteiger partial charge in [-0.2, -0.15) is 13.6 Å². The smallest absolute Gasteiger partial charge is 0.383 e. The van der Waals surface area contributed by atoms with E-state index in [0.29, 0.717) is 0 Å². The summed E-state index contributed by atoms with van der Waals surface area (Å²) in [6, 6.07) is 1.36. The summed E-state index contributed by atoms with van der Waals surface area (Å²) in [7, 11) is -11.0. The highest BCUT2D eigenvalue weighted by Gasteiger charge is 2.45. The largest absolute Gasteiger partial charge is 0.571 e. The van der Waals surface area contributed by atoms with Gasteiger partial charge in [0.25, 0.3) is 0 Å². The van der Waals surface area contributed by atoms with Crippen LogP contribution in [0.15, 0.2) is 17.1 Å². The number of nitrogens with zero attached hydrogens (tertiary/aromatic N) is 2. The van der Waals surface area contributed by atoms with E-state index in [0.717, 1.165) is 4.57 Å². The van der Waals surface area contributed by atoms with Crippen LogP contribution in [-0.2, 0) is 37.9 Å². The first kappa shape index (κ1) is 24.7. The Hall–Kier alpha value is -0.610. The molecule has 1 fully saturated rings. The van der Waals surface area contributed by atoms with E-state index in [2.05, 4.69) is 17.8 Å². The zero-order chi connectivity index (χ0) is 22.0. The van der Waals surface area contributed by atoms with E-state index in [1.54, 1.807) is 0 Å². The highest BCUT2D eigenvalue weighted by atomic mass is 32.5. The highest BCUT2D eigenvalue weighted by molar-refractivity contribution is 8.15. The van der Waals surface area contributed by atoms with Crippen LogP contribution in [0.25, 0.3) is 0 Å². The number of nitrogen functional groups attached to an aromatic ring is 1. The fraction of sp³-hybridized carbons (Fsp3) is 0.556. The molecular weight excluding hydrogens is 483 g/mol. The molecule has 0 spiro atoms. The molecule has 166 valence electrons. The molecule has 16 nitrogen and oxygen atoms in total. The summed E-state index contributed by atoms with van der Waals surface area (Å²) in [5.74, 6) is 0.00988. The zero-order valence-corrected chi connectivity index (χ0v) is 17.6. The van der Waals surface area contributed by atoms with Gasteiger partial charge < -0.3 is 30.3 Å². The SMILES string of the molecule is Nc1ccn([C@H]2CC[C@@H](C(O)O[S+]=P(O)(O)OP(=O)(O)OP(=O)(O)O)O2)c(=O)n1. The minimum Gasteiger partial charge on any atom is -0.383 e. The van der Waals surface area contributed by atoms with Crippen molar-refractivity contribution in [3.63, 3.8) is 0 Å². The van der Waals surface area contributed by atoms with E-state index in [4.69, 9.17) is 25.2 Å². The van der Waals surface area contributed by atoms with Gasteiger partial charge in [-0.15, -0.1) is 0 Å². The van der Waals surface area contributed by atoms with E-state index in [1.807, 2.05) is 0 Å². The first-order valence-electron chi connectivity index (χ1n) is 7.36. The Bertz CT molecular complexity index is 943. The standard InChI is InChI=1S/C9H16N3O13P3S/c10-6-3-4-12(9(14)11-6)7-2-1-5(22-7)8(13)23-29-28(20,21)25-27(18,19)24-26(15,16)17/h3-5,7-8,13H,1-2H2,(H6-,10,11,14,15,16,17,18,19,20,21)/p+1/t5-,7+,8?/m0/s1. The Labute approximate surface area is 165 Å². The van der Waals surface area contributed by atoms with Crippen molar-refractivity contribution in [2.75, 3.05) is 5.73 Å². The third kappa shape index (κ3) is 7.86. The molecule has 2 rings (SSSR count). The van der Waals surface area contributed by atoms with Crippen molar-refractivity contribution in [1.82, 2.24) is 9.55 Å². The second kappa shape index (κ2) is 9.26. The summed E-state index contributed by atoms with van der Waals surface area (Å²) in [6.45, 7) is -4.91. The van der Waals surface area contributed by atoms with Gasteiger partial charge in [-0.3, -0.25) is 14.4 Å². The molecule has 20 heteroatoms. The number of hydrogen-bond acceptors (Lipinski definition) is 10. The molecule has 0 aliphatic carbocycles. The number of nitrogens with two attached hydrogens (primary N) is 1. The summed E-state index contributed by atoms with van der Waals surface area (Å²) in [5, 5.41) is 9.94. The lowest BCUT2D eigenvalue weighted by molar-refractivity contribution is -0.129. The molecule has 0 saturated carbocycles. The molecule has 1 saturated heterocycles. The number of aromatic nitrogens is 2. The average Bonchev–Trinajstić information content (AvgIpc) is 2.98. The Morgan fingerprint density at radius 1 is 1.24 bits per heavy atom. The first-order valence-corrected chi connectivity index (χ1v) is 13.3. The van der Waals surface area contributed by atoms with Gasteiger partial charge in [0.1, 0.15) is 18.1 Å². The van der Waals surface area contributed by atoms with Gasteiger partial charge in [-0.1, -0.05) is 4.18 Å². The molecule has 0 amide bonds. The molecule has 1 aromatic rings. The van der Waals surface area contributed by atoms with Crippen LogP contribution in [0, 0.1) is 0 Å². The van der Waals surface area contributed by atoms with Crippen LogP contribution >= 0.6 is 22.4 Å². The Balaban J connectivity index is 1.99. The predicted octanol–water partition coefficient (Wildman–Crippen LogP) is -1.28. The fourth-order valence-electron chi connectivity index (χ4n) is 2.16. The molecule has 0 aromatic carbocycles. The van der Waals surface area contributed by atoms with E-state index in [9.17, 15) is 28.8 Å². The van der Waals surface area contributed by atoms with E-state index in [-0.39, 0.29) is 29.9 Å². The molecule has 2 heterocycles. The van der Waals surface area contributed by atoms with Gasteiger partial charge in [0.15, 0.2) is 0 Å². The topological polar surface area (TPSA) is 253 Å². The van der Waals surface area contributed by atoms with Crippen molar-refractivity contribution in [2.45, 2.75) is 31.5 Å². The number of rotatable bonds is 8. The molecule has 0 bridgehead atoms. The third-order valence-electron chi connectivity index (χ3n) is 3.17. The maximum absolute atomic E-state index is 11.8. The second-order valence-electron chi connectivity index (χ2n) is 5.42. The van der Waals surface area contributed by atoms with Crippen LogP contribution in [0.1, 0.15) is 19.1 Å². The van der Waals surface area contributed by atoms with Gasteiger partial charge in [0, 0.05) is 6.20 Å². The minimum atomic E-state index is -5.56. The normalized spacial score (nSPS) is 23.5. The summed E-state index contributed by atoms with van der Waals surface area (Å²) in [5.41, 5.74) is 4.70. The van der Waals surface area contributed by atoms with Crippen LogP contribution in [0.5, 0.6) is 0 Å². The fourth-order valence-corrected chi connectivity index (χ4v) is 6.74. The third-order valence-corrected chi connectivity index (χ3v) is 8.44. The number of phosphoric acid groups is 2. The molecule has 4 atom stereocenters. The highest BCUT2D eigenvalue weighted by Crippen LogP contribution is 2.65. The monoisotopic (exact) mass is 500 g/mol. The molecule has 8 N–H and O–H groups in total. The minimum absolute atomic E-state index is 0.00988. The maximum Gasteiger partial charge on any atom is 0.571 e. The number of anilines is 1. The summed E-state index contributed by atoms with van der Waals surface area (Å²) in [6.07, 6.45) is -1.87. The van der Waals surface area contributed by atoms with Gasteiger partial charge in [0.05, 0.1) is 0 Å². The Kier molecular flexibility index (Phi) is 7.87. The summed E-state index contributed by atoms with van der Waals surface area (Å²) in [4.78, 5) is 60.4. The van der Waals surface area contributed by atoms with Crippen LogP contribution in [0.4, 0.5) is 5.82 Å². The lowest BCUT2D eigenvalue weighted by atomic mass is 10.2. The van der Waals surface area contributed by atoms with Crippen LogP contribution < -0.4 is 11.4 Å². The van der Waals surface area contributed by atoms with Crippen molar-refractivity contribution in [1.29, 1.82) is 0 Å². The van der Waals surface area contributed by atoms with Gasteiger partial charge in [0.2, 0.25) is 6.29 Å². The van der Waals surface area contributed by atoms with Gasteiger partial charge in [-0.05, 0) is 18.9 Å². The number of ether oxygens (including phenoxy) is 1. The first-order chi connectivity index (χ1) is 13.2. The Morgan fingerprint density at radius 2 is 1.90 bits per heavy atom. The predicted molar refractivity (Wildman–Crippen MR) is 95.9 cm³/mol. The van der Waals surface area contributed by atoms with Gasteiger partial charge >= 0.3 is 39.3 Å². The number of hydrogen-bond donors (Lipinski definition) is 7. The second-order valence-corrected chi connectivity index (χ2v) is 11.8. The van der Waals surface area contributed by atoms with E-state index >= 15 is 0 Å². The van der Waals surface area contributed by atoms with Gasteiger partial charge in [-0.25, -0.2) is 13.9 Å². The molecule has 29 heavy (non-hydrogen) atoms. The Morgan fingerprint density at radius 3 is 2.48 bits per heavy atom. The summed E-state index contributed by atoms with van der Waals surface area (Å²) < 4.78 is 40.4.